The summed E-state index contributed by atoms with van der Waals surface area (Å²) >= 11 is 7.58. The summed E-state index contributed by atoms with van der Waals surface area (Å²) in [4.78, 5) is 33.7. The molecule has 0 spiro atoms. The van der Waals surface area contributed by atoms with E-state index in [0.717, 1.165) is 23.4 Å². The first-order chi connectivity index (χ1) is 16.3. The Balaban J connectivity index is 1.56. The zero-order valence-electron chi connectivity index (χ0n) is 18.7. The zero-order chi connectivity index (χ0) is 24.3. The highest BCUT2D eigenvalue weighted by atomic mass is 35.5. The van der Waals surface area contributed by atoms with E-state index in [1.54, 1.807) is 11.4 Å². The van der Waals surface area contributed by atoms with Crippen LogP contribution in [0.25, 0.3) is 0 Å². The van der Waals surface area contributed by atoms with Crippen LogP contribution >= 0.6 is 22.9 Å². The van der Waals surface area contributed by atoms with Crippen LogP contribution in [0.5, 0.6) is 0 Å². The number of carbonyl (C=O) groups is 2. The predicted octanol–water partition coefficient (Wildman–Crippen LogP) is 5.05. The number of fused-ring (bicyclic) bond motifs is 1. The minimum absolute atomic E-state index is 0.00366. The summed E-state index contributed by atoms with van der Waals surface area (Å²) in [6.07, 6.45) is 7.94. The number of benzene rings is 1. The first kappa shape index (κ1) is 23.5. The molecular formula is C24H23ClN6O2S. The summed E-state index contributed by atoms with van der Waals surface area (Å²) < 4.78 is 0. The van der Waals surface area contributed by atoms with Crippen molar-refractivity contribution in [2.45, 2.75) is 32.1 Å². The number of anilines is 5. The summed E-state index contributed by atoms with van der Waals surface area (Å²) in [6, 6.07) is 7.57. The second-order valence-electron chi connectivity index (χ2n) is 8.38. The zero-order valence-corrected chi connectivity index (χ0v) is 20.2. The van der Waals surface area contributed by atoms with E-state index in [2.05, 4.69) is 51.0 Å². The number of rotatable bonds is 6. The minimum Gasteiger partial charge on any atom is -0.340 e. The number of amides is 2. The average Bonchev–Trinajstić information content (AvgIpc) is 3.22. The molecule has 34 heavy (non-hydrogen) atoms. The van der Waals surface area contributed by atoms with E-state index in [1.807, 2.05) is 18.2 Å². The highest BCUT2D eigenvalue weighted by molar-refractivity contribution is 7.12. The monoisotopic (exact) mass is 494 g/mol. The third-order valence-corrected chi connectivity index (χ3v) is 6.67. The number of nitrogens with zero attached hydrogens (tertiary/aromatic N) is 2. The third kappa shape index (κ3) is 5.14. The van der Waals surface area contributed by atoms with Gasteiger partial charge in [-0.25, -0.2) is 4.98 Å². The summed E-state index contributed by atoms with van der Waals surface area (Å²) in [5.41, 5.74) is 3.00. The van der Waals surface area contributed by atoms with Gasteiger partial charge in [0.25, 0.3) is 5.91 Å². The largest absolute Gasteiger partial charge is 0.340 e. The van der Waals surface area contributed by atoms with Gasteiger partial charge in [0.2, 0.25) is 11.9 Å². The van der Waals surface area contributed by atoms with Crippen molar-refractivity contribution in [1.29, 1.82) is 0 Å². The lowest BCUT2D eigenvalue weighted by atomic mass is 9.80. The molecule has 4 N–H and O–H groups in total. The minimum atomic E-state index is -0.283. The number of halogens is 1. The molecule has 1 aliphatic heterocycles. The topological polar surface area (TPSA) is 108 Å². The Morgan fingerprint density at radius 2 is 2.15 bits per heavy atom. The first-order valence-corrected chi connectivity index (χ1v) is 11.8. The Labute approximate surface area is 206 Å². The van der Waals surface area contributed by atoms with Crippen molar-refractivity contribution >= 4 is 63.6 Å². The molecule has 0 saturated heterocycles. The highest BCUT2D eigenvalue weighted by Gasteiger charge is 2.28. The molecule has 3 aromatic rings. The van der Waals surface area contributed by atoms with Crippen LogP contribution in [-0.4, -0.2) is 28.3 Å². The van der Waals surface area contributed by atoms with Crippen LogP contribution in [0.3, 0.4) is 0 Å². The second-order valence-corrected chi connectivity index (χ2v) is 9.71. The fourth-order valence-corrected chi connectivity index (χ4v) is 4.56. The number of hydrogen-bond acceptors (Lipinski definition) is 7. The molecule has 174 valence electrons. The Kier molecular flexibility index (Phi) is 6.72. The number of carbonyl (C=O) groups excluding carboxylic acids is 2. The molecule has 0 radical (unpaired) electrons. The van der Waals surface area contributed by atoms with E-state index < -0.39 is 0 Å². The Morgan fingerprint density at radius 1 is 1.32 bits per heavy atom. The lowest BCUT2D eigenvalue weighted by Gasteiger charge is -2.24. The van der Waals surface area contributed by atoms with Crippen molar-refractivity contribution < 1.29 is 9.59 Å². The van der Waals surface area contributed by atoms with Crippen LogP contribution in [0.15, 0.2) is 35.8 Å². The lowest BCUT2D eigenvalue weighted by Crippen LogP contribution is -2.23. The quantitative estimate of drug-likeness (QED) is 0.357. The van der Waals surface area contributed by atoms with E-state index in [-0.39, 0.29) is 23.8 Å². The molecule has 0 atom stereocenters. The van der Waals surface area contributed by atoms with Gasteiger partial charge in [0, 0.05) is 17.8 Å². The summed E-state index contributed by atoms with van der Waals surface area (Å²) in [7, 11) is 0. The smallest absolute Gasteiger partial charge is 0.264 e. The Hall–Kier alpha value is -3.61. The van der Waals surface area contributed by atoms with Gasteiger partial charge in [-0.1, -0.05) is 37.4 Å². The van der Waals surface area contributed by atoms with E-state index in [9.17, 15) is 9.59 Å². The van der Waals surface area contributed by atoms with Gasteiger partial charge in [0.1, 0.15) is 9.90 Å². The molecule has 2 aromatic heterocycles. The standard InChI is InChI=1S/C24H23ClN6O2S/c1-4-10-26-22(33)20-17(8-11-34-20)30-21-16(25)13-27-23(31-21)28-14-5-6-15-18(12-14)29-19(32)7-9-24(15,2)3/h1,5-6,8,11-13H,7,9-10H2,2-3H3,(H,26,33)(H,29,32)(H2,27,28,30,31). The fourth-order valence-electron chi connectivity index (χ4n) is 3.66. The van der Waals surface area contributed by atoms with E-state index >= 15 is 0 Å². The molecule has 1 aliphatic rings. The van der Waals surface area contributed by atoms with E-state index in [1.165, 1.54) is 17.5 Å². The summed E-state index contributed by atoms with van der Waals surface area (Å²) in [5.74, 6) is 2.74. The maximum absolute atomic E-state index is 12.3. The number of aromatic nitrogens is 2. The van der Waals surface area contributed by atoms with Gasteiger partial charge >= 0.3 is 0 Å². The fraction of sp³-hybridized carbons (Fsp3) is 0.250. The van der Waals surface area contributed by atoms with Crippen molar-refractivity contribution in [2.24, 2.45) is 0 Å². The maximum atomic E-state index is 12.3. The van der Waals surface area contributed by atoms with Gasteiger partial charge < -0.3 is 21.3 Å². The first-order valence-electron chi connectivity index (χ1n) is 10.6. The molecule has 3 heterocycles. The van der Waals surface area contributed by atoms with Crippen LogP contribution in [0.2, 0.25) is 5.02 Å². The lowest BCUT2D eigenvalue weighted by molar-refractivity contribution is -0.116. The van der Waals surface area contributed by atoms with Gasteiger partial charge in [-0.15, -0.1) is 17.8 Å². The Morgan fingerprint density at radius 3 is 2.94 bits per heavy atom. The molecule has 4 rings (SSSR count). The molecule has 0 aliphatic carbocycles. The van der Waals surface area contributed by atoms with Gasteiger partial charge in [-0.05, 0) is 41.0 Å². The van der Waals surface area contributed by atoms with E-state index in [4.69, 9.17) is 18.0 Å². The Bertz CT molecular complexity index is 1300. The molecule has 1 aromatic carbocycles. The summed E-state index contributed by atoms with van der Waals surface area (Å²) in [5, 5.41) is 14.0. The molecule has 0 fully saturated rings. The van der Waals surface area contributed by atoms with Crippen molar-refractivity contribution in [3.8, 4) is 12.3 Å². The van der Waals surface area contributed by atoms with Crippen LogP contribution in [0, 0.1) is 12.3 Å². The van der Waals surface area contributed by atoms with Crippen molar-refractivity contribution in [3.05, 3.63) is 51.3 Å². The number of hydrogen-bond donors (Lipinski definition) is 4. The molecule has 2 amide bonds. The predicted molar refractivity (Wildman–Crippen MR) is 136 cm³/mol. The molecule has 10 heteroatoms. The molecule has 0 bridgehead atoms. The summed E-state index contributed by atoms with van der Waals surface area (Å²) in [6.45, 7) is 4.40. The highest BCUT2D eigenvalue weighted by Crippen LogP contribution is 2.38. The normalized spacial score (nSPS) is 14.2. The van der Waals surface area contributed by atoms with Crippen LogP contribution in [0.4, 0.5) is 28.8 Å². The molecule has 0 unspecified atom stereocenters. The van der Waals surface area contributed by atoms with Crippen molar-refractivity contribution in [1.82, 2.24) is 15.3 Å². The van der Waals surface area contributed by atoms with E-state index in [0.29, 0.717) is 33.8 Å². The van der Waals surface area contributed by atoms with Gasteiger partial charge in [-0.2, -0.15) is 4.98 Å². The maximum Gasteiger partial charge on any atom is 0.264 e. The molecular weight excluding hydrogens is 472 g/mol. The average molecular weight is 495 g/mol. The second kappa shape index (κ2) is 9.71. The molecule has 0 saturated carbocycles. The number of thiophene rings is 1. The third-order valence-electron chi connectivity index (χ3n) is 5.48. The van der Waals surface area contributed by atoms with Crippen LogP contribution in [-0.2, 0) is 10.2 Å². The SMILES string of the molecule is C#CCNC(=O)c1sccc1Nc1nc(Nc2ccc3c(c2)NC(=O)CCC3(C)C)ncc1Cl. The van der Waals surface area contributed by atoms with Crippen molar-refractivity contribution in [3.63, 3.8) is 0 Å². The number of nitrogens with one attached hydrogen (secondary N) is 4. The number of terminal acetylenes is 1. The van der Waals surface area contributed by atoms with Gasteiger partial charge in [-0.3, -0.25) is 9.59 Å². The van der Waals surface area contributed by atoms with Gasteiger partial charge in [0.15, 0.2) is 5.82 Å². The van der Waals surface area contributed by atoms with Crippen LogP contribution < -0.4 is 21.3 Å². The van der Waals surface area contributed by atoms with Gasteiger partial charge in [0.05, 0.1) is 18.4 Å². The van der Waals surface area contributed by atoms with Crippen LogP contribution in [0.1, 0.15) is 41.9 Å². The molecule has 8 nitrogen and oxygen atoms in total. The van der Waals surface area contributed by atoms with Crippen molar-refractivity contribution in [2.75, 3.05) is 22.5 Å².